The van der Waals surface area contributed by atoms with Crippen molar-refractivity contribution in [2.24, 2.45) is 0 Å². The van der Waals surface area contributed by atoms with Gasteiger partial charge >= 0.3 is 0 Å². The first-order valence-corrected chi connectivity index (χ1v) is 10.4. The fraction of sp³-hybridized carbons (Fsp3) is 0.600. The highest BCUT2D eigenvalue weighted by Crippen LogP contribution is 2.27. The number of thioether (sulfide) groups is 3. The summed E-state index contributed by atoms with van der Waals surface area (Å²) in [6.07, 6.45) is 0. The van der Waals surface area contributed by atoms with E-state index in [2.05, 4.69) is 18.2 Å². The van der Waals surface area contributed by atoms with E-state index in [0.717, 1.165) is 34.5 Å². The Morgan fingerprint density at radius 2 is 1.10 bits per heavy atom. The summed E-state index contributed by atoms with van der Waals surface area (Å²) in [5, 5.41) is 26.8. The van der Waals surface area contributed by atoms with E-state index in [1.807, 2.05) is 0 Å². The topological polar surface area (TPSA) is 60.7 Å². The van der Waals surface area contributed by atoms with Gasteiger partial charge in [-0.1, -0.05) is 18.2 Å². The molecule has 0 unspecified atom stereocenters. The Morgan fingerprint density at radius 3 is 1.52 bits per heavy atom. The van der Waals surface area contributed by atoms with Crippen molar-refractivity contribution in [3.05, 3.63) is 34.9 Å². The van der Waals surface area contributed by atoms with Crippen LogP contribution in [0.3, 0.4) is 0 Å². The molecule has 3 nitrogen and oxygen atoms in total. The van der Waals surface area contributed by atoms with Crippen LogP contribution in [0.4, 0.5) is 0 Å². The van der Waals surface area contributed by atoms with Gasteiger partial charge in [0, 0.05) is 34.5 Å². The van der Waals surface area contributed by atoms with Gasteiger partial charge < -0.3 is 15.3 Å². The quantitative estimate of drug-likeness (QED) is 0.504. The van der Waals surface area contributed by atoms with Crippen molar-refractivity contribution < 1.29 is 15.3 Å². The maximum absolute atomic E-state index is 8.94. The third kappa shape index (κ3) is 7.81. The smallest absolute Gasteiger partial charge is 0.0521 e. The van der Waals surface area contributed by atoms with E-state index in [-0.39, 0.29) is 19.8 Å². The van der Waals surface area contributed by atoms with E-state index in [9.17, 15) is 0 Å². The predicted molar refractivity (Wildman–Crippen MR) is 96.2 cm³/mol. The second-order valence-corrected chi connectivity index (χ2v) is 7.70. The Balaban J connectivity index is 2.75. The van der Waals surface area contributed by atoms with Gasteiger partial charge in [0.15, 0.2) is 0 Å². The molecule has 0 atom stereocenters. The molecule has 0 aromatic heterocycles. The summed E-state index contributed by atoms with van der Waals surface area (Å²) in [4.78, 5) is 0. The fourth-order valence-electron chi connectivity index (χ4n) is 1.88. The fourth-order valence-corrected chi connectivity index (χ4v) is 4.25. The van der Waals surface area contributed by atoms with Crippen LogP contribution in [0, 0.1) is 0 Å². The maximum Gasteiger partial charge on any atom is 0.0521 e. The minimum Gasteiger partial charge on any atom is -0.396 e. The molecule has 1 rings (SSSR count). The minimum atomic E-state index is 0.209. The van der Waals surface area contributed by atoms with Gasteiger partial charge in [-0.2, -0.15) is 35.3 Å². The molecule has 0 saturated carbocycles. The zero-order valence-electron chi connectivity index (χ0n) is 12.2. The third-order valence-corrected chi connectivity index (χ3v) is 5.78. The van der Waals surface area contributed by atoms with E-state index in [1.54, 1.807) is 35.3 Å². The molecule has 120 valence electrons. The van der Waals surface area contributed by atoms with Crippen LogP contribution in [0.15, 0.2) is 18.2 Å². The molecule has 0 amide bonds. The van der Waals surface area contributed by atoms with Gasteiger partial charge in [0.25, 0.3) is 0 Å². The van der Waals surface area contributed by atoms with E-state index < -0.39 is 0 Å². The third-order valence-electron chi connectivity index (χ3n) is 2.84. The van der Waals surface area contributed by atoms with Crippen LogP contribution in [-0.4, -0.2) is 52.4 Å². The molecule has 0 aliphatic heterocycles. The number of benzene rings is 1. The summed E-state index contributed by atoms with van der Waals surface area (Å²) in [7, 11) is 0. The first kappa shape index (κ1) is 19.2. The normalized spacial score (nSPS) is 11.0. The Hall–Kier alpha value is 0.150. The van der Waals surface area contributed by atoms with Crippen LogP contribution >= 0.6 is 35.3 Å². The highest BCUT2D eigenvalue weighted by atomic mass is 32.2. The number of aliphatic hydroxyl groups is 3. The predicted octanol–water partition coefficient (Wildman–Crippen LogP) is 2.36. The van der Waals surface area contributed by atoms with Gasteiger partial charge in [0.05, 0.1) is 19.8 Å². The van der Waals surface area contributed by atoms with Crippen LogP contribution in [-0.2, 0) is 17.3 Å². The number of rotatable bonds is 12. The SMILES string of the molecule is OCCSCc1cccc(CSCCO)c1CSCCO. The molecule has 0 aliphatic rings. The first-order valence-electron chi connectivity index (χ1n) is 6.99. The molecule has 0 saturated heterocycles. The van der Waals surface area contributed by atoms with Crippen LogP contribution in [0.5, 0.6) is 0 Å². The summed E-state index contributed by atoms with van der Waals surface area (Å²) in [6, 6.07) is 6.39. The number of aliphatic hydroxyl groups excluding tert-OH is 3. The average Bonchev–Trinajstić information content (AvgIpc) is 2.50. The molecule has 0 bridgehead atoms. The second kappa shape index (κ2) is 12.7. The largest absolute Gasteiger partial charge is 0.396 e. The van der Waals surface area contributed by atoms with Crippen molar-refractivity contribution in [2.45, 2.75) is 17.3 Å². The monoisotopic (exact) mass is 348 g/mol. The summed E-state index contributed by atoms with van der Waals surface area (Å²) >= 11 is 5.23. The van der Waals surface area contributed by atoms with Crippen molar-refractivity contribution in [2.75, 3.05) is 37.1 Å². The standard InChI is InChI=1S/C15H24O3S3/c16-4-7-19-10-13-2-1-3-14(11-20-8-5-17)15(13)12-21-9-6-18/h1-3,16-18H,4-12H2. The molecule has 1 aromatic carbocycles. The Morgan fingerprint density at radius 1 is 0.667 bits per heavy atom. The van der Waals surface area contributed by atoms with E-state index in [4.69, 9.17) is 15.3 Å². The van der Waals surface area contributed by atoms with Crippen LogP contribution < -0.4 is 0 Å². The van der Waals surface area contributed by atoms with Gasteiger partial charge in [-0.25, -0.2) is 0 Å². The van der Waals surface area contributed by atoms with Crippen molar-refractivity contribution in [3.63, 3.8) is 0 Å². The molecule has 21 heavy (non-hydrogen) atoms. The van der Waals surface area contributed by atoms with Crippen molar-refractivity contribution in [1.29, 1.82) is 0 Å². The van der Waals surface area contributed by atoms with E-state index >= 15 is 0 Å². The van der Waals surface area contributed by atoms with Gasteiger partial charge in [0.2, 0.25) is 0 Å². The summed E-state index contributed by atoms with van der Waals surface area (Å²) < 4.78 is 0. The zero-order valence-corrected chi connectivity index (χ0v) is 14.6. The molecule has 0 heterocycles. The van der Waals surface area contributed by atoms with Crippen LogP contribution in [0.1, 0.15) is 16.7 Å². The Kier molecular flexibility index (Phi) is 11.6. The summed E-state index contributed by atoms with van der Waals surface area (Å²) in [6.45, 7) is 0.636. The molecule has 0 radical (unpaired) electrons. The lowest BCUT2D eigenvalue weighted by atomic mass is 10.0. The van der Waals surface area contributed by atoms with Gasteiger partial charge in [-0.3, -0.25) is 0 Å². The molecule has 0 fully saturated rings. The second-order valence-electron chi connectivity index (χ2n) is 4.38. The highest BCUT2D eigenvalue weighted by molar-refractivity contribution is 7.99. The lowest BCUT2D eigenvalue weighted by molar-refractivity contribution is 0.322. The van der Waals surface area contributed by atoms with Gasteiger partial charge in [-0.05, 0) is 16.7 Å². The molecule has 0 aliphatic carbocycles. The van der Waals surface area contributed by atoms with Crippen molar-refractivity contribution >= 4 is 35.3 Å². The van der Waals surface area contributed by atoms with Crippen LogP contribution in [0.25, 0.3) is 0 Å². The van der Waals surface area contributed by atoms with E-state index in [1.165, 1.54) is 16.7 Å². The lowest BCUT2D eigenvalue weighted by Crippen LogP contribution is -2.00. The molecule has 3 N–H and O–H groups in total. The molecular formula is C15H24O3S3. The zero-order chi connectivity index (χ0) is 15.3. The Labute approximate surface area is 139 Å². The lowest BCUT2D eigenvalue weighted by Gasteiger charge is -2.14. The first-order chi connectivity index (χ1) is 10.3. The van der Waals surface area contributed by atoms with E-state index in [0.29, 0.717) is 0 Å². The number of hydrogen-bond donors (Lipinski definition) is 3. The molecular weight excluding hydrogens is 324 g/mol. The van der Waals surface area contributed by atoms with Crippen LogP contribution in [0.2, 0.25) is 0 Å². The van der Waals surface area contributed by atoms with Gasteiger partial charge in [-0.15, -0.1) is 0 Å². The number of hydrogen-bond acceptors (Lipinski definition) is 6. The maximum atomic E-state index is 8.94. The summed E-state index contributed by atoms with van der Waals surface area (Å²) in [5.74, 6) is 4.99. The Bertz CT molecular complexity index is 360. The minimum absolute atomic E-state index is 0.209. The van der Waals surface area contributed by atoms with Crippen molar-refractivity contribution in [1.82, 2.24) is 0 Å². The average molecular weight is 349 g/mol. The highest BCUT2D eigenvalue weighted by Gasteiger charge is 2.09. The van der Waals surface area contributed by atoms with Crippen molar-refractivity contribution in [3.8, 4) is 0 Å². The van der Waals surface area contributed by atoms with Gasteiger partial charge in [0.1, 0.15) is 0 Å². The molecule has 0 spiro atoms. The molecule has 1 aromatic rings. The molecule has 6 heteroatoms. The summed E-state index contributed by atoms with van der Waals surface area (Å²) in [5.41, 5.74) is 3.99.